The summed E-state index contributed by atoms with van der Waals surface area (Å²) in [6, 6.07) is 9.59. The summed E-state index contributed by atoms with van der Waals surface area (Å²) in [5.41, 5.74) is 5.65. The molecule has 1 aromatic carbocycles. The minimum atomic E-state index is 0.186. The van der Waals surface area contributed by atoms with Crippen molar-refractivity contribution in [3.05, 3.63) is 30.3 Å². The van der Waals surface area contributed by atoms with Gasteiger partial charge in [-0.15, -0.1) is 0 Å². The molecule has 0 bridgehead atoms. The van der Waals surface area contributed by atoms with E-state index in [0.717, 1.165) is 38.2 Å². The van der Waals surface area contributed by atoms with Crippen molar-refractivity contribution in [2.24, 2.45) is 11.7 Å². The van der Waals surface area contributed by atoms with E-state index in [4.69, 9.17) is 10.5 Å². The first-order valence-electron chi connectivity index (χ1n) is 6.95. The van der Waals surface area contributed by atoms with Gasteiger partial charge in [-0.25, -0.2) is 0 Å². The first-order valence-corrected chi connectivity index (χ1v) is 6.95. The summed E-state index contributed by atoms with van der Waals surface area (Å²) in [6.07, 6.45) is 2.51. The molecule has 0 aromatic heterocycles. The van der Waals surface area contributed by atoms with Crippen molar-refractivity contribution in [3.63, 3.8) is 0 Å². The Morgan fingerprint density at radius 3 is 2.58 bits per heavy atom. The average Bonchev–Trinajstić information content (AvgIpc) is 2.48. The number of ether oxygens (including phenoxy) is 1. The highest BCUT2D eigenvalue weighted by atomic mass is 16.5. The zero-order valence-corrected chi connectivity index (χ0v) is 11.3. The van der Waals surface area contributed by atoms with Crippen molar-refractivity contribution in [1.29, 1.82) is 0 Å². The van der Waals surface area contributed by atoms with Crippen molar-refractivity contribution < 1.29 is 9.53 Å². The number of carbonyl (C=O) groups is 1. The molecule has 104 valence electrons. The van der Waals surface area contributed by atoms with Crippen LogP contribution < -0.4 is 10.5 Å². The Morgan fingerprint density at radius 1 is 1.26 bits per heavy atom. The maximum absolute atomic E-state index is 12.0. The highest BCUT2D eigenvalue weighted by Crippen LogP contribution is 2.16. The van der Waals surface area contributed by atoms with Gasteiger partial charge in [0.1, 0.15) is 5.75 Å². The fourth-order valence-corrected chi connectivity index (χ4v) is 2.35. The molecule has 1 aliphatic rings. The Kier molecular flexibility index (Phi) is 5.21. The Bertz CT molecular complexity index is 386. The van der Waals surface area contributed by atoms with Gasteiger partial charge in [0.15, 0.2) is 0 Å². The number of nitrogens with two attached hydrogens (primary N) is 1. The minimum absolute atomic E-state index is 0.186. The summed E-state index contributed by atoms with van der Waals surface area (Å²) in [6.45, 7) is 2.86. The fraction of sp³-hybridized carbons (Fsp3) is 0.533. The molecule has 4 heteroatoms. The van der Waals surface area contributed by atoms with Gasteiger partial charge in [-0.2, -0.15) is 0 Å². The predicted molar refractivity (Wildman–Crippen MR) is 74.9 cm³/mol. The third-order valence-electron chi connectivity index (χ3n) is 3.63. The Balaban J connectivity index is 1.67. The molecule has 2 N–H and O–H groups in total. The van der Waals surface area contributed by atoms with Crippen LogP contribution in [-0.4, -0.2) is 37.0 Å². The molecule has 1 fully saturated rings. The third-order valence-corrected chi connectivity index (χ3v) is 3.63. The number of hydrogen-bond acceptors (Lipinski definition) is 3. The van der Waals surface area contributed by atoms with Gasteiger partial charge in [-0.3, -0.25) is 4.79 Å². The summed E-state index contributed by atoms with van der Waals surface area (Å²) >= 11 is 0. The van der Waals surface area contributed by atoms with Crippen LogP contribution in [-0.2, 0) is 4.79 Å². The molecule has 1 saturated heterocycles. The number of amides is 1. The molecular weight excluding hydrogens is 240 g/mol. The van der Waals surface area contributed by atoms with Crippen molar-refractivity contribution in [1.82, 2.24) is 4.90 Å². The normalized spacial score (nSPS) is 16.4. The van der Waals surface area contributed by atoms with E-state index >= 15 is 0 Å². The number of rotatable bonds is 5. The zero-order chi connectivity index (χ0) is 13.5. The number of piperidine rings is 1. The van der Waals surface area contributed by atoms with E-state index < -0.39 is 0 Å². The summed E-state index contributed by atoms with van der Waals surface area (Å²) in [4.78, 5) is 13.9. The van der Waals surface area contributed by atoms with Crippen LogP contribution in [0.2, 0.25) is 0 Å². The largest absolute Gasteiger partial charge is 0.493 e. The standard InChI is InChI=1S/C15H22N2O2/c16-12-13-6-9-17(10-7-13)15(18)8-11-19-14-4-2-1-3-5-14/h1-5,13H,6-12,16H2. The van der Waals surface area contributed by atoms with E-state index in [1.807, 2.05) is 35.2 Å². The quantitative estimate of drug-likeness (QED) is 0.878. The summed E-state index contributed by atoms with van der Waals surface area (Å²) in [5.74, 6) is 1.59. The van der Waals surface area contributed by atoms with E-state index in [1.54, 1.807) is 0 Å². The molecule has 1 amide bonds. The average molecular weight is 262 g/mol. The number of carbonyl (C=O) groups excluding carboxylic acids is 1. The summed E-state index contributed by atoms with van der Waals surface area (Å²) in [7, 11) is 0. The van der Waals surface area contributed by atoms with E-state index in [2.05, 4.69) is 0 Å². The maximum atomic E-state index is 12.0. The number of benzene rings is 1. The lowest BCUT2D eigenvalue weighted by atomic mass is 9.97. The highest BCUT2D eigenvalue weighted by Gasteiger charge is 2.21. The number of hydrogen-bond donors (Lipinski definition) is 1. The molecule has 1 heterocycles. The number of likely N-dealkylation sites (tertiary alicyclic amines) is 1. The van der Waals surface area contributed by atoms with Crippen LogP contribution in [0, 0.1) is 5.92 Å². The lowest BCUT2D eigenvalue weighted by Gasteiger charge is -2.31. The molecule has 0 unspecified atom stereocenters. The van der Waals surface area contributed by atoms with Gasteiger partial charge in [0.25, 0.3) is 0 Å². The summed E-state index contributed by atoms with van der Waals surface area (Å²) in [5, 5.41) is 0. The van der Waals surface area contributed by atoms with Crippen molar-refractivity contribution in [2.45, 2.75) is 19.3 Å². The van der Waals surface area contributed by atoms with Gasteiger partial charge >= 0.3 is 0 Å². The van der Waals surface area contributed by atoms with Crippen molar-refractivity contribution in [2.75, 3.05) is 26.2 Å². The fourth-order valence-electron chi connectivity index (χ4n) is 2.35. The number of para-hydroxylation sites is 1. The maximum Gasteiger partial charge on any atom is 0.225 e. The smallest absolute Gasteiger partial charge is 0.225 e. The molecule has 0 saturated carbocycles. The first-order chi connectivity index (χ1) is 9.29. The topological polar surface area (TPSA) is 55.6 Å². The van der Waals surface area contributed by atoms with E-state index in [9.17, 15) is 4.79 Å². The van der Waals surface area contributed by atoms with Gasteiger partial charge in [-0.1, -0.05) is 18.2 Å². The molecule has 0 aliphatic carbocycles. The second-order valence-electron chi connectivity index (χ2n) is 4.97. The molecule has 0 radical (unpaired) electrons. The van der Waals surface area contributed by atoms with Gasteiger partial charge in [0.05, 0.1) is 13.0 Å². The van der Waals surface area contributed by atoms with E-state index in [-0.39, 0.29) is 5.91 Å². The molecule has 1 aliphatic heterocycles. The Hall–Kier alpha value is -1.55. The molecule has 4 nitrogen and oxygen atoms in total. The molecule has 19 heavy (non-hydrogen) atoms. The van der Waals surface area contributed by atoms with Crippen LogP contribution >= 0.6 is 0 Å². The highest BCUT2D eigenvalue weighted by molar-refractivity contribution is 5.76. The van der Waals surface area contributed by atoms with Gasteiger partial charge in [-0.05, 0) is 37.4 Å². The molecular formula is C15H22N2O2. The van der Waals surface area contributed by atoms with Gasteiger partial charge in [0, 0.05) is 13.1 Å². The lowest BCUT2D eigenvalue weighted by Crippen LogP contribution is -2.40. The zero-order valence-electron chi connectivity index (χ0n) is 11.3. The molecule has 0 spiro atoms. The van der Waals surface area contributed by atoms with Crippen LogP contribution in [0.15, 0.2) is 30.3 Å². The van der Waals surface area contributed by atoms with Crippen LogP contribution in [0.25, 0.3) is 0 Å². The van der Waals surface area contributed by atoms with E-state index in [0.29, 0.717) is 18.9 Å². The van der Waals surface area contributed by atoms with Crippen LogP contribution in [0.4, 0.5) is 0 Å². The van der Waals surface area contributed by atoms with Crippen molar-refractivity contribution in [3.8, 4) is 5.75 Å². The lowest BCUT2D eigenvalue weighted by molar-refractivity contribution is -0.133. The Labute approximate surface area is 114 Å². The van der Waals surface area contributed by atoms with Gasteiger partial charge in [0.2, 0.25) is 5.91 Å². The van der Waals surface area contributed by atoms with Crippen LogP contribution in [0.5, 0.6) is 5.75 Å². The van der Waals surface area contributed by atoms with Gasteiger partial charge < -0.3 is 15.4 Å². The second-order valence-corrected chi connectivity index (χ2v) is 4.97. The first kappa shape index (κ1) is 13.9. The Morgan fingerprint density at radius 2 is 1.95 bits per heavy atom. The summed E-state index contributed by atoms with van der Waals surface area (Å²) < 4.78 is 5.54. The molecule has 2 rings (SSSR count). The minimum Gasteiger partial charge on any atom is -0.493 e. The predicted octanol–water partition coefficient (Wildman–Crippen LogP) is 1.65. The second kappa shape index (κ2) is 7.14. The molecule has 0 atom stereocenters. The van der Waals surface area contributed by atoms with Crippen molar-refractivity contribution >= 4 is 5.91 Å². The monoisotopic (exact) mass is 262 g/mol. The van der Waals surface area contributed by atoms with Crippen LogP contribution in [0.1, 0.15) is 19.3 Å². The third kappa shape index (κ3) is 4.24. The SMILES string of the molecule is NCC1CCN(C(=O)CCOc2ccccc2)CC1. The molecule has 1 aromatic rings. The van der Waals surface area contributed by atoms with E-state index in [1.165, 1.54) is 0 Å². The van der Waals surface area contributed by atoms with Crippen LogP contribution in [0.3, 0.4) is 0 Å². The number of nitrogens with zero attached hydrogens (tertiary/aromatic N) is 1.